The van der Waals surface area contributed by atoms with Crippen LogP contribution in [0, 0.1) is 0 Å². The molecule has 0 heterocycles. The van der Waals surface area contributed by atoms with E-state index >= 15 is 0 Å². The van der Waals surface area contributed by atoms with Crippen molar-refractivity contribution in [2.24, 2.45) is 0 Å². The van der Waals surface area contributed by atoms with Gasteiger partial charge in [0.25, 0.3) is 0 Å². The zero-order chi connectivity index (χ0) is 19.7. The van der Waals surface area contributed by atoms with E-state index in [9.17, 15) is 4.79 Å². The van der Waals surface area contributed by atoms with Crippen LogP contribution in [-0.2, 0) is 14.0 Å². The highest BCUT2D eigenvalue weighted by molar-refractivity contribution is 6.69. The van der Waals surface area contributed by atoms with Crippen LogP contribution in [0.2, 0.25) is 19.6 Å². The van der Waals surface area contributed by atoms with Crippen LogP contribution >= 0.6 is 0 Å². The molecule has 0 aliphatic carbocycles. The number of carbonyl (C=O) groups is 1. The molecule has 0 aliphatic rings. The fourth-order valence-corrected chi connectivity index (χ4v) is 4.38. The summed E-state index contributed by atoms with van der Waals surface area (Å²) in [5.41, 5.74) is 0. The summed E-state index contributed by atoms with van der Waals surface area (Å²) in [6.07, 6.45) is 19.3. The lowest BCUT2D eigenvalue weighted by molar-refractivity contribution is -0.149. The molecule has 0 amide bonds. The largest absolute Gasteiger partial charge is 0.467 e. The standard InChI is InChI=1S/C22H46O3Si/c1-6-7-8-9-10-11-12-13-14-15-16-17-18-19-20-21(22(23)24-2)25-26(3,4)5/h21H,6-20H2,1-5H3. The van der Waals surface area contributed by atoms with E-state index in [1.807, 2.05) is 0 Å². The summed E-state index contributed by atoms with van der Waals surface area (Å²) in [6.45, 7) is 8.63. The summed E-state index contributed by atoms with van der Waals surface area (Å²) in [5, 5.41) is 0. The molecule has 3 nitrogen and oxygen atoms in total. The normalized spacial score (nSPS) is 13.0. The molecule has 0 aromatic rings. The lowest BCUT2D eigenvalue weighted by atomic mass is 10.0. The summed E-state index contributed by atoms with van der Waals surface area (Å²) in [5.74, 6) is -0.206. The van der Waals surface area contributed by atoms with Gasteiger partial charge in [-0.15, -0.1) is 0 Å². The molecule has 0 N–H and O–H groups in total. The minimum Gasteiger partial charge on any atom is -0.467 e. The van der Waals surface area contributed by atoms with E-state index in [0.29, 0.717) is 0 Å². The third-order valence-corrected chi connectivity index (χ3v) is 5.77. The van der Waals surface area contributed by atoms with Crippen LogP contribution in [-0.4, -0.2) is 27.5 Å². The van der Waals surface area contributed by atoms with Gasteiger partial charge in [0.15, 0.2) is 8.32 Å². The Bertz CT molecular complexity index is 326. The molecule has 0 radical (unpaired) electrons. The van der Waals surface area contributed by atoms with E-state index in [-0.39, 0.29) is 12.1 Å². The second kappa shape index (κ2) is 16.8. The van der Waals surface area contributed by atoms with Gasteiger partial charge >= 0.3 is 5.97 Å². The minimum absolute atomic E-state index is 0.206. The van der Waals surface area contributed by atoms with Crippen molar-refractivity contribution in [1.29, 1.82) is 0 Å². The summed E-state index contributed by atoms with van der Waals surface area (Å²) < 4.78 is 10.9. The van der Waals surface area contributed by atoms with E-state index in [1.165, 1.54) is 90.6 Å². The first-order valence-electron chi connectivity index (χ1n) is 11.2. The van der Waals surface area contributed by atoms with Crippen LogP contribution in [0.1, 0.15) is 103 Å². The molecule has 0 spiro atoms. The fraction of sp³-hybridized carbons (Fsp3) is 0.955. The Morgan fingerprint density at radius 3 is 1.46 bits per heavy atom. The molecule has 0 aliphatic heterocycles. The predicted molar refractivity (Wildman–Crippen MR) is 115 cm³/mol. The van der Waals surface area contributed by atoms with Gasteiger partial charge in [0, 0.05) is 0 Å². The Labute approximate surface area is 164 Å². The number of methoxy groups -OCH3 is 1. The molecule has 0 saturated carbocycles. The van der Waals surface area contributed by atoms with Gasteiger partial charge < -0.3 is 9.16 Å². The number of carbonyl (C=O) groups excluding carboxylic acids is 1. The third-order valence-electron chi connectivity index (χ3n) is 4.78. The number of rotatable bonds is 18. The maximum Gasteiger partial charge on any atom is 0.333 e. The zero-order valence-corrected chi connectivity index (χ0v) is 19.4. The highest BCUT2D eigenvalue weighted by Crippen LogP contribution is 2.17. The van der Waals surface area contributed by atoms with Gasteiger partial charge in [-0.25, -0.2) is 4.79 Å². The topological polar surface area (TPSA) is 35.5 Å². The van der Waals surface area contributed by atoms with E-state index < -0.39 is 8.32 Å². The Morgan fingerprint density at radius 1 is 0.731 bits per heavy atom. The Kier molecular flexibility index (Phi) is 16.6. The fourth-order valence-electron chi connectivity index (χ4n) is 3.31. The molecular weight excluding hydrogens is 340 g/mol. The van der Waals surface area contributed by atoms with Gasteiger partial charge in [0.1, 0.15) is 6.10 Å². The molecule has 0 aromatic carbocycles. The average Bonchev–Trinajstić information content (AvgIpc) is 2.59. The van der Waals surface area contributed by atoms with Gasteiger partial charge in [0.05, 0.1) is 7.11 Å². The first kappa shape index (κ1) is 25.6. The number of unbranched alkanes of at least 4 members (excludes halogenated alkanes) is 13. The van der Waals surface area contributed by atoms with Crippen molar-refractivity contribution in [3.63, 3.8) is 0 Å². The molecule has 1 atom stereocenters. The molecule has 156 valence electrons. The smallest absolute Gasteiger partial charge is 0.333 e. The quantitative estimate of drug-likeness (QED) is 0.141. The molecule has 1 unspecified atom stereocenters. The minimum atomic E-state index is -1.71. The van der Waals surface area contributed by atoms with Gasteiger partial charge in [-0.05, 0) is 26.1 Å². The monoisotopic (exact) mass is 386 g/mol. The zero-order valence-electron chi connectivity index (χ0n) is 18.4. The molecule has 4 heteroatoms. The lowest BCUT2D eigenvalue weighted by Crippen LogP contribution is -2.37. The summed E-state index contributed by atoms with van der Waals surface area (Å²) in [4.78, 5) is 11.8. The van der Waals surface area contributed by atoms with E-state index in [2.05, 4.69) is 26.6 Å². The van der Waals surface area contributed by atoms with Crippen LogP contribution in [0.25, 0.3) is 0 Å². The first-order chi connectivity index (χ1) is 12.4. The molecule has 0 bridgehead atoms. The molecule has 0 aromatic heterocycles. The lowest BCUT2D eigenvalue weighted by Gasteiger charge is -2.24. The van der Waals surface area contributed by atoms with Gasteiger partial charge in [-0.1, -0.05) is 96.8 Å². The van der Waals surface area contributed by atoms with Crippen LogP contribution < -0.4 is 0 Å². The number of esters is 1. The number of hydrogen-bond donors (Lipinski definition) is 0. The number of ether oxygens (including phenoxy) is 1. The SMILES string of the molecule is CCCCCCCCCCCCCCCCC(O[Si](C)(C)C)C(=O)OC. The van der Waals surface area contributed by atoms with Crippen molar-refractivity contribution >= 4 is 14.3 Å². The predicted octanol–water partition coefficient (Wildman–Crippen LogP) is 7.25. The molecule has 0 fully saturated rings. The summed E-state index contributed by atoms with van der Waals surface area (Å²) in [7, 11) is -0.255. The summed E-state index contributed by atoms with van der Waals surface area (Å²) in [6, 6.07) is 0. The van der Waals surface area contributed by atoms with E-state index in [1.54, 1.807) is 0 Å². The van der Waals surface area contributed by atoms with Crippen molar-refractivity contribution in [2.75, 3.05) is 7.11 Å². The van der Waals surface area contributed by atoms with Crippen molar-refractivity contribution in [3.05, 3.63) is 0 Å². The van der Waals surface area contributed by atoms with Crippen LogP contribution in [0.15, 0.2) is 0 Å². The highest BCUT2D eigenvalue weighted by atomic mass is 28.4. The van der Waals surface area contributed by atoms with Crippen LogP contribution in [0.5, 0.6) is 0 Å². The highest BCUT2D eigenvalue weighted by Gasteiger charge is 2.26. The van der Waals surface area contributed by atoms with Crippen molar-refractivity contribution in [3.8, 4) is 0 Å². The maximum absolute atomic E-state index is 11.8. The van der Waals surface area contributed by atoms with Gasteiger partial charge in [-0.3, -0.25) is 0 Å². The van der Waals surface area contributed by atoms with Crippen molar-refractivity contribution in [1.82, 2.24) is 0 Å². The van der Waals surface area contributed by atoms with E-state index in [4.69, 9.17) is 9.16 Å². The third kappa shape index (κ3) is 17.1. The van der Waals surface area contributed by atoms with E-state index in [0.717, 1.165) is 12.8 Å². The van der Waals surface area contributed by atoms with Crippen LogP contribution in [0.4, 0.5) is 0 Å². The Balaban J connectivity index is 3.49. The summed E-state index contributed by atoms with van der Waals surface area (Å²) >= 11 is 0. The molecule has 0 saturated heterocycles. The first-order valence-corrected chi connectivity index (χ1v) is 14.6. The molecule has 26 heavy (non-hydrogen) atoms. The van der Waals surface area contributed by atoms with Crippen LogP contribution in [0.3, 0.4) is 0 Å². The molecule has 0 rings (SSSR count). The van der Waals surface area contributed by atoms with Gasteiger partial charge in [-0.2, -0.15) is 0 Å². The Hall–Kier alpha value is -0.353. The van der Waals surface area contributed by atoms with Crippen molar-refractivity contribution < 1.29 is 14.0 Å². The second-order valence-electron chi connectivity index (χ2n) is 8.63. The average molecular weight is 387 g/mol. The Morgan fingerprint density at radius 2 is 1.12 bits per heavy atom. The molecular formula is C22H46O3Si. The van der Waals surface area contributed by atoms with Crippen molar-refractivity contribution in [2.45, 2.75) is 129 Å². The maximum atomic E-state index is 11.8. The van der Waals surface area contributed by atoms with Gasteiger partial charge in [0.2, 0.25) is 0 Å². The second-order valence-corrected chi connectivity index (χ2v) is 13.1. The number of hydrogen-bond acceptors (Lipinski definition) is 3.